The summed E-state index contributed by atoms with van der Waals surface area (Å²) in [6, 6.07) is 1.72. The highest BCUT2D eigenvalue weighted by Crippen LogP contribution is 2.09. The van der Waals surface area contributed by atoms with E-state index in [0.29, 0.717) is 18.9 Å². The molecule has 0 aliphatic carbocycles. The molecule has 134 valence electrons. The van der Waals surface area contributed by atoms with E-state index in [2.05, 4.69) is 9.97 Å². The predicted molar refractivity (Wildman–Crippen MR) is 89.2 cm³/mol. The molecule has 1 rings (SSSR count). The highest BCUT2D eigenvalue weighted by molar-refractivity contribution is 5.72. The van der Waals surface area contributed by atoms with Gasteiger partial charge >= 0.3 is 12.1 Å². The lowest BCUT2D eigenvalue weighted by Gasteiger charge is -2.24. The number of hydrogen-bond acceptors (Lipinski definition) is 8. The van der Waals surface area contributed by atoms with Crippen LogP contribution in [0, 0.1) is 5.92 Å². The third-order valence-electron chi connectivity index (χ3n) is 3.15. The molecular weight excluding hydrogens is 314 g/mol. The fourth-order valence-electron chi connectivity index (χ4n) is 1.64. The molecule has 1 heterocycles. The molecule has 0 radical (unpaired) electrons. The van der Waals surface area contributed by atoms with Crippen molar-refractivity contribution >= 4 is 23.8 Å². The molecule has 9 nitrogen and oxygen atoms in total. The number of carbonyl (C=O) groups is 2. The van der Waals surface area contributed by atoms with E-state index >= 15 is 0 Å². The summed E-state index contributed by atoms with van der Waals surface area (Å²) >= 11 is 0. The SMILES string of the molecule is CC(OC(=O)C(C)C)OC(=O)N(C)CCN(C)c1ccnc(N)n1. The van der Waals surface area contributed by atoms with Crippen LogP contribution in [-0.4, -0.2) is 60.4 Å². The minimum absolute atomic E-state index is 0.188. The lowest BCUT2D eigenvalue weighted by molar-refractivity contribution is -0.169. The van der Waals surface area contributed by atoms with Gasteiger partial charge in [-0.25, -0.2) is 9.78 Å². The van der Waals surface area contributed by atoms with Crippen molar-refractivity contribution in [2.24, 2.45) is 5.92 Å². The number of nitrogens with two attached hydrogens (primary N) is 1. The number of esters is 1. The van der Waals surface area contributed by atoms with Gasteiger partial charge < -0.3 is 25.0 Å². The Balaban J connectivity index is 2.42. The molecule has 0 saturated heterocycles. The topological polar surface area (TPSA) is 111 Å². The van der Waals surface area contributed by atoms with Crippen molar-refractivity contribution in [3.8, 4) is 0 Å². The molecule has 1 unspecified atom stereocenters. The first-order valence-electron chi connectivity index (χ1n) is 7.62. The second kappa shape index (κ2) is 8.90. The highest BCUT2D eigenvalue weighted by Gasteiger charge is 2.19. The molecule has 0 saturated carbocycles. The zero-order valence-corrected chi connectivity index (χ0v) is 14.7. The Labute approximate surface area is 141 Å². The Morgan fingerprint density at radius 1 is 1.21 bits per heavy atom. The average molecular weight is 339 g/mol. The Morgan fingerprint density at radius 3 is 2.46 bits per heavy atom. The molecule has 1 atom stereocenters. The van der Waals surface area contributed by atoms with Crippen molar-refractivity contribution in [3.05, 3.63) is 12.3 Å². The summed E-state index contributed by atoms with van der Waals surface area (Å²) in [5, 5.41) is 0. The second-order valence-electron chi connectivity index (χ2n) is 5.66. The first-order valence-corrected chi connectivity index (χ1v) is 7.62. The Kier molecular flexibility index (Phi) is 7.22. The number of nitrogens with zero attached hydrogens (tertiary/aromatic N) is 4. The quantitative estimate of drug-likeness (QED) is 0.581. The van der Waals surface area contributed by atoms with Crippen LogP contribution < -0.4 is 10.6 Å². The third kappa shape index (κ3) is 6.27. The summed E-state index contributed by atoms with van der Waals surface area (Å²) < 4.78 is 10.1. The number of likely N-dealkylation sites (N-methyl/N-ethyl adjacent to an activating group) is 2. The Hall–Kier alpha value is -2.58. The van der Waals surface area contributed by atoms with Crippen LogP contribution in [-0.2, 0) is 14.3 Å². The van der Waals surface area contributed by atoms with Crippen LogP contribution in [0.1, 0.15) is 20.8 Å². The molecule has 2 N–H and O–H groups in total. The minimum Gasteiger partial charge on any atom is -0.425 e. The van der Waals surface area contributed by atoms with Crippen LogP contribution in [0.4, 0.5) is 16.6 Å². The van der Waals surface area contributed by atoms with Crippen molar-refractivity contribution in [3.63, 3.8) is 0 Å². The molecule has 1 amide bonds. The maximum atomic E-state index is 12.0. The van der Waals surface area contributed by atoms with Crippen LogP contribution in [0.3, 0.4) is 0 Å². The van der Waals surface area contributed by atoms with Crippen molar-refractivity contribution in [1.29, 1.82) is 0 Å². The molecule has 1 aromatic heterocycles. The van der Waals surface area contributed by atoms with Gasteiger partial charge in [-0.05, 0) is 6.07 Å². The van der Waals surface area contributed by atoms with Crippen molar-refractivity contribution < 1.29 is 19.1 Å². The molecule has 9 heteroatoms. The minimum atomic E-state index is -0.936. The third-order valence-corrected chi connectivity index (χ3v) is 3.15. The monoisotopic (exact) mass is 339 g/mol. The van der Waals surface area contributed by atoms with Crippen LogP contribution in [0.15, 0.2) is 12.3 Å². The van der Waals surface area contributed by atoms with E-state index in [1.165, 1.54) is 11.8 Å². The van der Waals surface area contributed by atoms with Gasteiger partial charge in [0.25, 0.3) is 0 Å². The van der Waals surface area contributed by atoms with Crippen LogP contribution in [0.5, 0.6) is 0 Å². The lowest BCUT2D eigenvalue weighted by Crippen LogP contribution is -2.37. The molecule has 0 bridgehead atoms. The van der Waals surface area contributed by atoms with E-state index < -0.39 is 18.4 Å². The number of carbonyl (C=O) groups excluding carboxylic acids is 2. The fraction of sp³-hybridized carbons (Fsp3) is 0.600. The largest absolute Gasteiger partial charge is 0.425 e. The van der Waals surface area contributed by atoms with Gasteiger partial charge in [0.15, 0.2) is 0 Å². The van der Waals surface area contributed by atoms with Gasteiger partial charge in [-0.3, -0.25) is 4.79 Å². The first-order chi connectivity index (χ1) is 11.2. The number of anilines is 2. The average Bonchev–Trinajstić information content (AvgIpc) is 2.51. The Bertz CT molecular complexity index is 567. The normalized spacial score (nSPS) is 11.8. The molecule has 0 fully saturated rings. The number of nitrogen functional groups attached to an aromatic ring is 1. The van der Waals surface area contributed by atoms with Crippen LogP contribution in [0.25, 0.3) is 0 Å². The molecule has 1 aromatic rings. The van der Waals surface area contributed by atoms with Gasteiger partial charge in [-0.15, -0.1) is 0 Å². The number of ether oxygens (including phenoxy) is 2. The van der Waals surface area contributed by atoms with Gasteiger partial charge in [0.1, 0.15) is 5.82 Å². The lowest BCUT2D eigenvalue weighted by atomic mass is 10.2. The summed E-state index contributed by atoms with van der Waals surface area (Å²) in [5.74, 6) is 0.147. The molecule has 0 aliphatic heterocycles. The summed E-state index contributed by atoms with van der Waals surface area (Å²) in [6.07, 6.45) is 0.0561. The summed E-state index contributed by atoms with van der Waals surface area (Å²) in [4.78, 5) is 34.6. The molecule has 24 heavy (non-hydrogen) atoms. The summed E-state index contributed by atoms with van der Waals surface area (Å²) in [6.45, 7) is 5.82. The number of rotatable bonds is 7. The van der Waals surface area contributed by atoms with Gasteiger partial charge in [-0.1, -0.05) is 13.8 Å². The van der Waals surface area contributed by atoms with Gasteiger partial charge in [0, 0.05) is 40.3 Å². The maximum absolute atomic E-state index is 12.0. The Morgan fingerprint density at radius 2 is 1.88 bits per heavy atom. The molecule has 0 aliphatic rings. The van der Waals surface area contributed by atoms with Crippen molar-refractivity contribution in [2.75, 3.05) is 37.8 Å². The van der Waals surface area contributed by atoms with Crippen LogP contribution in [0.2, 0.25) is 0 Å². The second-order valence-corrected chi connectivity index (χ2v) is 5.66. The van der Waals surface area contributed by atoms with Gasteiger partial charge in [-0.2, -0.15) is 4.98 Å². The van der Waals surface area contributed by atoms with Crippen molar-refractivity contribution in [1.82, 2.24) is 14.9 Å². The van der Waals surface area contributed by atoms with E-state index in [1.54, 1.807) is 33.2 Å². The number of aromatic nitrogens is 2. The summed E-state index contributed by atoms with van der Waals surface area (Å²) in [5.41, 5.74) is 5.54. The predicted octanol–water partition coefficient (Wildman–Crippen LogP) is 1.11. The number of amides is 1. The van der Waals surface area contributed by atoms with Gasteiger partial charge in [0.05, 0.1) is 5.92 Å². The fourth-order valence-corrected chi connectivity index (χ4v) is 1.64. The summed E-state index contributed by atoms with van der Waals surface area (Å²) in [7, 11) is 3.43. The van der Waals surface area contributed by atoms with Crippen molar-refractivity contribution in [2.45, 2.75) is 27.1 Å². The number of hydrogen-bond donors (Lipinski definition) is 1. The molecule has 0 spiro atoms. The zero-order valence-electron chi connectivity index (χ0n) is 14.7. The van der Waals surface area contributed by atoms with Crippen LogP contribution >= 0.6 is 0 Å². The van der Waals surface area contributed by atoms with E-state index in [9.17, 15) is 9.59 Å². The zero-order chi connectivity index (χ0) is 18.3. The van der Waals surface area contributed by atoms with E-state index in [0.717, 1.165) is 0 Å². The van der Waals surface area contributed by atoms with Gasteiger partial charge in [0.2, 0.25) is 12.2 Å². The molecule has 0 aromatic carbocycles. The highest BCUT2D eigenvalue weighted by atomic mass is 16.7. The maximum Gasteiger partial charge on any atom is 0.412 e. The molecular formula is C15H25N5O4. The first kappa shape index (κ1) is 19.5. The van der Waals surface area contributed by atoms with E-state index in [4.69, 9.17) is 15.2 Å². The van der Waals surface area contributed by atoms with E-state index in [1.807, 2.05) is 11.9 Å². The van der Waals surface area contributed by atoms with E-state index in [-0.39, 0.29) is 11.9 Å². The smallest absolute Gasteiger partial charge is 0.412 e. The standard InChI is InChI=1S/C15H25N5O4/c1-10(2)13(21)23-11(3)24-15(22)20(5)9-8-19(4)12-6-7-17-14(16)18-12/h6-7,10-11H,8-9H2,1-5H3,(H2,16,17,18).